The fourth-order valence-electron chi connectivity index (χ4n) is 4.11. The molecule has 0 saturated carbocycles. The average Bonchev–Trinajstić information content (AvgIpc) is 3.26. The summed E-state index contributed by atoms with van der Waals surface area (Å²) in [5, 5.41) is 23.5. The van der Waals surface area contributed by atoms with Gasteiger partial charge in [-0.15, -0.1) is 10.2 Å². The summed E-state index contributed by atoms with van der Waals surface area (Å²) in [7, 11) is 0. The summed E-state index contributed by atoms with van der Waals surface area (Å²) in [6, 6.07) is 12.4. The Labute approximate surface area is 202 Å². The van der Waals surface area contributed by atoms with Crippen LogP contribution in [0.2, 0.25) is 0 Å². The van der Waals surface area contributed by atoms with Gasteiger partial charge in [0.15, 0.2) is 10.8 Å². The summed E-state index contributed by atoms with van der Waals surface area (Å²) < 4.78 is 7.45. The number of nitrogens with zero attached hydrogens (tertiary/aromatic N) is 5. The molecule has 0 amide bonds. The van der Waals surface area contributed by atoms with Crippen LogP contribution in [0.3, 0.4) is 0 Å². The number of pyridine rings is 2. The number of hydrogen-bond donors (Lipinski definition) is 1. The van der Waals surface area contributed by atoms with E-state index in [1.807, 2.05) is 35.9 Å². The lowest BCUT2D eigenvalue weighted by atomic mass is 9.93. The molecule has 1 aliphatic heterocycles. The van der Waals surface area contributed by atoms with E-state index in [1.165, 1.54) is 5.56 Å². The molecule has 34 heavy (non-hydrogen) atoms. The topological polar surface area (TPSA) is 94.1 Å². The third-order valence-electron chi connectivity index (χ3n) is 5.96. The molecule has 4 heterocycles. The number of oxime groups is 1. The lowest BCUT2D eigenvalue weighted by Gasteiger charge is -2.21. The molecule has 0 bridgehead atoms. The van der Waals surface area contributed by atoms with Crippen LogP contribution in [0.1, 0.15) is 30.9 Å². The molecule has 1 N–H and O–H groups in total. The first kappa shape index (κ1) is 22.8. The van der Waals surface area contributed by atoms with E-state index in [9.17, 15) is 0 Å². The summed E-state index contributed by atoms with van der Waals surface area (Å²) in [5.41, 5.74) is 4.64. The normalized spacial score (nSPS) is 15.3. The molecule has 176 valence electrons. The number of aromatic nitrogens is 4. The maximum absolute atomic E-state index is 8.87. The third-order valence-corrected chi connectivity index (χ3v) is 6.91. The van der Waals surface area contributed by atoms with Crippen molar-refractivity contribution in [1.29, 1.82) is 0 Å². The van der Waals surface area contributed by atoms with Gasteiger partial charge >= 0.3 is 0 Å². The second-order valence-corrected chi connectivity index (χ2v) is 9.46. The van der Waals surface area contributed by atoms with Crippen LogP contribution >= 0.6 is 11.8 Å². The molecular formula is C25H27N5O3S. The van der Waals surface area contributed by atoms with E-state index in [4.69, 9.17) is 14.7 Å². The lowest BCUT2D eigenvalue weighted by molar-refractivity contribution is 0.0665. The van der Waals surface area contributed by atoms with Gasteiger partial charge in [-0.05, 0) is 85.8 Å². The van der Waals surface area contributed by atoms with Crippen LogP contribution in [0.4, 0.5) is 0 Å². The molecule has 1 fully saturated rings. The quantitative estimate of drug-likeness (QED) is 0.232. The second-order valence-electron chi connectivity index (χ2n) is 8.42. The Balaban J connectivity index is 1.37. The lowest BCUT2D eigenvalue weighted by Crippen LogP contribution is -2.17. The van der Waals surface area contributed by atoms with E-state index in [0.717, 1.165) is 64.6 Å². The maximum Gasteiger partial charge on any atom is 0.200 e. The summed E-state index contributed by atoms with van der Waals surface area (Å²) in [6.07, 6.45) is 7.24. The number of fused-ring (bicyclic) bond motifs is 2. The Kier molecular flexibility index (Phi) is 7.03. The van der Waals surface area contributed by atoms with Crippen molar-refractivity contribution in [3.8, 4) is 0 Å². The highest BCUT2D eigenvalue weighted by atomic mass is 32.2. The molecule has 5 rings (SSSR count). The molecule has 1 aliphatic rings. The zero-order valence-electron chi connectivity index (χ0n) is 19.1. The van der Waals surface area contributed by atoms with E-state index in [0.29, 0.717) is 11.6 Å². The molecule has 0 aliphatic carbocycles. The Morgan fingerprint density at radius 2 is 2.09 bits per heavy atom. The molecule has 0 atom stereocenters. The van der Waals surface area contributed by atoms with E-state index < -0.39 is 0 Å². The van der Waals surface area contributed by atoms with Crippen LogP contribution in [0.15, 0.2) is 64.0 Å². The van der Waals surface area contributed by atoms with Gasteiger partial charge in [0.25, 0.3) is 0 Å². The summed E-state index contributed by atoms with van der Waals surface area (Å²) in [5.74, 6) is 0.670. The molecule has 9 heteroatoms. The molecule has 4 aromatic rings. The van der Waals surface area contributed by atoms with Gasteiger partial charge in [-0.3, -0.25) is 9.38 Å². The van der Waals surface area contributed by atoms with Crippen molar-refractivity contribution in [1.82, 2.24) is 19.6 Å². The van der Waals surface area contributed by atoms with Crippen LogP contribution in [0.25, 0.3) is 16.6 Å². The van der Waals surface area contributed by atoms with Gasteiger partial charge in [0, 0.05) is 41.5 Å². The molecule has 8 nitrogen and oxygen atoms in total. The summed E-state index contributed by atoms with van der Waals surface area (Å²) in [4.78, 5) is 10.9. The predicted octanol–water partition coefficient (Wildman–Crippen LogP) is 4.13. The number of hydrogen-bond acceptors (Lipinski definition) is 8. The largest absolute Gasteiger partial charge is 0.393 e. The van der Waals surface area contributed by atoms with E-state index >= 15 is 0 Å². The Hall–Kier alpha value is -3.01. The molecular weight excluding hydrogens is 450 g/mol. The minimum absolute atomic E-state index is 0.0691. The van der Waals surface area contributed by atoms with Gasteiger partial charge in [-0.2, -0.15) is 0 Å². The first-order chi connectivity index (χ1) is 16.7. The second kappa shape index (κ2) is 10.5. The Bertz CT molecular complexity index is 1320. The summed E-state index contributed by atoms with van der Waals surface area (Å²) >= 11 is 1.56. The fourth-order valence-corrected chi connectivity index (χ4v) is 4.97. The number of ether oxygens (including phenoxy) is 1. The van der Waals surface area contributed by atoms with Crippen LogP contribution in [0.5, 0.6) is 0 Å². The molecule has 1 aromatic carbocycles. The van der Waals surface area contributed by atoms with Crippen molar-refractivity contribution in [2.75, 3.05) is 26.4 Å². The number of rotatable bonds is 8. The van der Waals surface area contributed by atoms with Crippen molar-refractivity contribution in [3.63, 3.8) is 0 Å². The highest BCUT2D eigenvalue weighted by Gasteiger charge is 2.15. The van der Waals surface area contributed by atoms with Gasteiger partial charge < -0.3 is 14.7 Å². The zero-order chi connectivity index (χ0) is 23.3. The molecule has 0 radical (unpaired) electrons. The zero-order valence-corrected chi connectivity index (χ0v) is 19.9. The smallest absolute Gasteiger partial charge is 0.200 e. The predicted molar refractivity (Wildman–Crippen MR) is 131 cm³/mol. The number of aliphatic hydroxyl groups excluding tert-OH is 1. The van der Waals surface area contributed by atoms with Crippen LogP contribution in [-0.4, -0.2) is 56.8 Å². The first-order valence-electron chi connectivity index (χ1n) is 11.5. The third kappa shape index (κ3) is 5.22. The van der Waals surface area contributed by atoms with Crippen molar-refractivity contribution in [3.05, 3.63) is 59.9 Å². The first-order valence-corrected chi connectivity index (χ1v) is 12.3. The standard InChI is InChI=1S/C25H27N5O3S/c1-17(29-33-11-8-31)20-2-5-24-27-28-25(30(24)16-20)34-22-3-4-23-21(14-22)13-19(15-26-23)12-18-6-9-32-10-7-18/h2-5,13-16,18,31H,6-12H2,1H3/b29-17+. The summed E-state index contributed by atoms with van der Waals surface area (Å²) in [6.45, 7) is 3.69. The minimum Gasteiger partial charge on any atom is -0.393 e. The Morgan fingerprint density at radius 1 is 1.21 bits per heavy atom. The van der Waals surface area contributed by atoms with Gasteiger partial charge in [0.2, 0.25) is 0 Å². The van der Waals surface area contributed by atoms with Crippen LogP contribution < -0.4 is 0 Å². The van der Waals surface area contributed by atoms with E-state index in [1.54, 1.807) is 11.8 Å². The van der Waals surface area contributed by atoms with Crippen molar-refractivity contribution in [2.24, 2.45) is 11.1 Å². The molecule has 0 unspecified atom stereocenters. The van der Waals surface area contributed by atoms with Crippen LogP contribution in [-0.2, 0) is 16.0 Å². The van der Waals surface area contributed by atoms with E-state index in [-0.39, 0.29) is 13.2 Å². The monoisotopic (exact) mass is 477 g/mol. The van der Waals surface area contributed by atoms with Gasteiger partial charge in [0.1, 0.15) is 6.61 Å². The molecule has 0 spiro atoms. The Morgan fingerprint density at radius 3 is 2.94 bits per heavy atom. The van der Waals surface area contributed by atoms with Crippen LogP contribution in [0, 0.1) is 5.92 Å². The van der Waals surface area contributed by atoms with Crippen molar-refractivity contribution < 1.29 is 14.7 Å². The van der Waals surface area contributed by atoms with E-state index in [2.05, 4.69) is 44.6 Å². The van der Waals surface area contributed by atoms with Crippen molar-refractivity contribution in [2.45, 2.75) is 36.2 Å². The van der Waals surface area contributed by atoms with Gasteiger partial charge in [-0.25, -0.2) is 0 Å². The SMILES string of the molecule is C/C(=N\OCCO)c1ccc2nnc(Sc3ccc4ncc(CC5CCOCC5)cc4c3)n2c1. The molecule has 3 aromatic heterocycles. The highest BCUT2D eigenvalue weighted by Crippen LogP contribution is 2.30. The highest BCUT2D eigenvalue weighted by molar-refractivity contribution is 7.99. The number of benzene rings is 1. The molecule has 1 saturated heterocycles. The minimum atomic E-state index is -0.0691. The van der Waals surface area contributed by atoms with Gasteiger partial charge in [0.05, 0.1) is 17.8 Å². The number of aliphatic hydroxyl groups is 1. The van der Waals surface area contributed by atoms with Gasteiger partial charge in [-0.1, -0.05) is 5.16 Å². The fraction of sp³-hybridized carbons (Fsp3) is 0.360. The maximum atomic E-state index is 8.87. The average molecular weight is 478 g/mol. The van der Waals surface area contributed by atoms with Crippen molar-refractivity contribution >= 4 is 34.0 Å².